The molecule has 0 spiro atoms. The molecular formula is C24H18ClNO3S. The third kappa shape index (κ3) is 3.99. The number of imide groups is 1. The van der Waals surface area contributed by atoms with Gasteiger partial charge in [-0.25, -0.2) is 4.90 Å². The molecule has 1 aliphatic heterocycles. The number of rotatable bonds is 6. The molecule has 0 atom stereocenters. The minimum absolute atomic E-state index is 0.351. The lowest BCUT2D eigenvalue weighted by Gasteiger charge is -2.16. The van der Waals surface area contributed by atoms with E-state index in [0.29, 0.717) is 39.1 Å². The van der Waals surface area contributed by atoms with Crippen molar-refractivity contribution < 1.29 is 14.3 Å². The normalized spacial score (nSPS) is 13.9. The van der Waals surface area contributed by atoms with E-state index in [4.69, 9.17) is 16.3 Å². The van der Waals surface area contributed by atoms with Crippen LogP contribution in [-0.2, 0) is 9.59 Å². The first-order valence-electron chi connectivity index (χ1n) is 9.43. The van der Waals surface area contributed by atoms with E-state index in [-0.39, 0.29) is 11.8 Å². The summed E-state index contributed by atoms with van der Waals surface area (Å²) in [6, 6.07) is 23.4. The number of nitrogens with zero attached hydrogens (tertiary/aromatic N) is 1. The average Bonchev–Trinajstić information content (AvgIpc) is 3.00. The second kappa shape index (κ2) is 8.78. The third-order valence-corrected chi connectivity index (χ3v) is 5.87. The van der Waals surface area contributed by atoms with Gasteiger partial charge in [-0.2, -0.15) is 0 Å². The lowest BCUT2D eigenvalue weighted by atomic mass is 10.1. The van der Waals surface area contributed by atoms with Crippen LogP contribution in [0.4, 0.5) is 5.69 Å². The molecule has 6 heteroatoms. The summed E-state index contributed by atoms with van der Waals surface area (Å²) in [4.78, 5) is 29.2. The molecule has 150 valence electrons. The Balaban J connectivity index is 1.78. The maximum Gasteiger partial charge on any atom is 0.272 e. The molecule has 0 saturated heterocycles. The zero-order valence-electron chi connectivity index (χ0n) is 16.2. The summed E-state index contributed by atoms with van der Waals surface area (Å²) in [5.41, 5.74) is 1.58. The maximum absolute atomic E-state index is 13.4. The first-order chi connectivity index (χ1) is 14.6. The highest BCUT2D eigenvalue weighted by molar-refractivity contribution is 8.04. The van der Waals surface area contributed by atoms with Gasteiger partial charge >= 0.3 is 0 Å². The van der Waals surface area contributed by atoms with Crippen LogP contribution < -0.4 is 9.64 Å². The lowest BCUT2D eigenvalue weighted by molar-refractivity contribution is -0.119. The molecule has 1 aliphatic rings. The van der Waals surface area contributed by atoms with Crippen LogP contribution in [0.1, 0.15) is 12.5 Å². The van der Waals surface area contributed by atoms with E-state index >= 15 is 0 Å². The molecular weight excluding hydrogens is 418 g/mol. The molecule has 0 aromatic heterocycles. The molecule has 0 aliphatic carbocycles. The van der Waals surface area contributed by atoms with Crippen molar-refractivity contribution in [3.63, 3.8) is 0 Å². The molecule has 0 N–H and O–H groups in total. The minimum atomic E-state index is -0.354. The van der Waals surface area contributed by atoms with Crippen molar-refractivity contribution >= 4 is 46.4 Å². The summed E-state index contributed by atoms with van der Waals surface area (Å²) in [6.07, 6.45) is 0. The molecule has 0 unspecified atom stereocenters. The van der Waals surface area contributed by atoms with Gasteiger partial charge in [0.15, 0.2) is 0 Å². The maximum atomic E-state index is 13.4. The van der Waals surface area contributed by atoms with Crippen LogP contribution in [0.15, 0.2) is 88.7 Å². The summed E-state index contributed by atoms with van der Waals surface area (Å²) < 4.78 is 5.54. The number of carbonyl (C=O) groups is 2. The molecule has 4 rings (SSSR count). The Labute approximate surface area is 184 Å². The van der Waals surface area contributed by atoms with Gasteiger partial charge in [-0.05, 0) is 48.9 Å². The Morgan fingerprint density at radius 1 is 0.900 bits per heavy atom. The van der Waals surface area contributed by atoms with Gasteiger partial charge in [0.2, 0.25) is 0 Å². The van der Waals surface area contributed by atoms with Gasteiger partial charge in [0.25, 0.3) is 11.8 Å². The Kier molecular flexibility index (Phi) is 5.93. The number of thioether (sulfide) groups is 1. The van der Waals surface area contributed by atoms with Crippen LogP contribution in [0.25, 0.3) is 5.57 Å². The van der Waals surface area contributed by atoms with E-state index in [1.807, 2.05) is 49.4 Å². The van der Waals surface area contributed by atoms with Gasteiger partial charge in [-0.3, -0.25) is 9.59 Å². The molecule has 3 aromatic rings. The number of hydrogen-bond donors (Lipinski definition) is 0. The first kappa shape index (κ1) is 20.3. The van der Waals surface area contributed by atoms with Crippen molar-refractivity contribution in [2.45, 2.75) is 11.8 Å². The number of hydrogen-bond acceptors (Lipinski definition) is 4. The molecule has 30 heavy (non-hydrogen) atoms. The quantitative estimate of drug-likeness (QED) is 0.458. The molecule has 0 saturated carbocycles. The fourth-order valence-electron chi connectivity index (χ4n) is 3.20. The van der Waals surface area contributed by atoms with Crippen molar-refractivity contribution in [3.05, 3.63) is 94.4 Å². The SMILES string of the molecule is CCOc1cccc(N2C(=O)C(Sc3ccc(Cl)cc3)=C(c3ccccc3)C2=O)c1. The van der Waals surface area contributed by atoms with Crippen LogP contribution in [0.3, 0.4) is 0 Å². The number of carbonyl (C=O) groups excluding carboxylic acids is 2. The van der Waals surface area contributed by atoms with Crippen molar-refractivity contribution in [3.8, 4) is 5.75 Å². The van der Waals surface area contributed by atoms with E-state index in [9.17, 15) is 9.59 Å². The largest absolute Gasteiger partial charge is 0.494 e. The van der Waals surface area contributed by atoms with Crippen molar-refractivity contribution in [1.29, 1.82) is 0 Å². The van der Waals surface area contributed by atoms with Gasteiger partial charge in [-0.15, -0.1) is 0 Å². The standard InChI is InChI=1S/C24H18ClNO3S/c1-2-29-19-10-6-9-18(15-19)26-23(27)21(16-7-4-3-5-8-16)22(24(26)28)30-20-13-11-17(25)12-14-20/h3-15H,2H2,1H3. The summed E-state index contributed by atoms with van der Waals surface area (Å²) in [6.45, 7) is 2.38. The first-order valence-corrected chi connectivity index (χ1v) is 10.6. The van der Waals surface area contributed by atoms with Crippen LogP contribution in [-0.4, -0.2) is 18.4 Å². The second-order valence-corrected chi connectivity index (χ2v) is 8.02. The summed E-state index contributed by atoms with van der Waals surface area (Å²) in [7, 11) is 0. The predicted molar refractivity (Wildman–Crippen MR) is 121 cm³/mol. The summed E-state index contributed by atoms with van der Waals surface area (Å²) in [5, 5.41) is 0.611. The Hall–Kier alpha value is -3.02. The molecule has 1 heterocycles. The molecule has 0 radical (unpaired) electrons. The Morgan fingerprint density at radius 3 is 2.33 bits per heavy atom. The van der Waals surface area contributed by atoms with Gasteiger partial charge < -0.3 is 4.74 Å². The molecule has 2 amide bonds. The summed E-state index contributed by atoms with van der Waals surface area (Å²) in [5.74, 6) is -0.0978. The Bertz CT molecular complexity index is 1130. The van der Waals surface area contributed by atoms with E-state index in [1.165, 1.54) is 16.7 Å². The predicted octanol–water partition coefficient (Wildman–Crippen LogP) is 5.82. The van der Waals surface area contributed by atoms with Gasteiger partial charge in [0.1, 0.15) is 5.75 Å². The van der Waals surface area contributed by atoms with Crippen LogP contribution in [0.2, 0.25) is 5.02 Å². The zero-order chi connectivity index (χ0) is 21.1. The van der Waals surface area contributed by atoms with Gasteiger partial charge in [-0.1, -0.05) is 59.8 Å². The van der Waals surface area contributed by atoms with Gasteiger partial charge in [0.05, 0.1) is 22.8 Å². The monoisotopic (exact) mass is 435 g/mol. The van der Waals surface area contributed by atoms with E-state index in [0.717, 1.165) is 4.90 Å². The number of benzene rings is 3. The highest BCUT2D eigenvalue weighted by Gasteiger charge is 2.40. The second-order valence-electron chi connectivity index (χ2n) is 6.50. The van der Waals surface area contributed by atoms with E-state index in [2.05, 4.69) is 0 Å². The lowest BCUT2D eigenvalue weighted by Crippen LogP contribution is -2.31. The number of anilines is 1. The fourth-order valence-corrected chi connectivity index (χ4v) is 4.32. The van der Waals surface area contributed by atoms with Crippen molar-refractivity contribution in [2.24, 2.45) is 0 Å². The van der Waals surface area contributed by atoms with E-state index in [1.54, 1.807) is 36.4 Å². The molecule has 0 bridgehead atoms. The number of halogens is 1. The van der Waals surface area contributed by atoms with Crippen molar-refractivity contribution in [1.82, 2.24) is 0 Å². The third-order valence-electron chi connectivity index (χ3n) is 4.52. The molecule has 0 fully saturated rings. The summed E-state index contributed by atoms with van der Waals surface area (Å²) >= 11 is 7.25. The molecule has 3 aromatic carbocycles. The minimum Gasteiger partial charge on any atom is -0.494 e. The smallest absolute Gasteiger partial charge is 0.272 e. The number of ether oxygens (including phenoxy) is 1. The van der Waals surface area contributed by atoms with Gasteiger partial charge in [0, 0.05) is 16.0 Å². The Morgan fingerprint density at radius 2 is 1.63 bits per heavy atom. The van der Waals surface area contributed by atoms with E-state index < -0.39 is 0 Å². The highest BCUT2D eigenvalue weighted by atomic mass is 35.5. The van der Waals surface area contributed by atoms with Crippen LogP contribution in [0.5, 0.6) is 5.75 Å². The van der Waals surface area contributed by atoms with Crippen molar-refractivity contribution in [2.75, 3.05) is 11.5 Å². The zero-order valence-corrected chi connectivity index (χ0v) is 17.7. The highest BCUT2D eigenvalue weighted by Crippen LogP contribution is 2.42. The van der Waals surface area contributed by atoms with Crippen LogP contribution >= 0.6 is 23.4 Å². The number of amides is 2. The average molecular weight is 436 g/mol. The fraction of sp³-hybridized carbons (Fsp3) is 0.0833. The molecule has 4 nitrogen and oxygen atoms in total. The van der Waals surface area contributed by atoms with Crippen LogP contribution in [0, 0.1) is 0 Å². The topological polar surface area (TPSA) is 46.6 Å².